The molecule has 0 aromatic heterocycles. The van der Waals surface area contributed by atoms with Crippen molar-refractivity contribution in [1.29, 1.82) is 0 Å². The third-order valence-electron chi connectivity index (χ3n) is 4.47. The first-order valence-corrected chi connectivity index (χ1v) is 7.42. The van der Waals surface area contributed by atoms with Gasteiger partial charge in [-0.15, -0.1) is 0 Å². The molecule has 8 N–H and O–H groups in total. The molecule has 2 rings (SSSR count). The molecule has 0 aromatic carbocycles. The molecule has 0 radical (unpaired) electrons. The van der Waals surface area contributed by atoms with Crippen molar-refractivity contribution in [2.24, 2.45) is 5.92 Å². The van der Waals surface area contributed by atoms with Gasteiger partial charge in [-0.3, -0.25) is 0 Å². The molecule has 1 saturated carbocycles. The smallest absolute Gasteiger partial charge is 0.187 e. The lowest BCUT2D eigenvalue weighted by atomic mass is 9.81. The van der Waals surface area contributed by atoms with Crippen molar-refractivity contribution in [3.8, 4) is 0 Å². The molecule has 10 atom stereocenters. The Bertz CT molecular complexity index is 380. The average Bonchev–Trinajstić information content (AvgIpc) is 2.54. The molecular weight excluding hydrogens is 316 g/mol. The Morgan fingerprint density at radius 2 is 1.43 bits per heavy atom. The van der Waals surface area contributed by atoms with E-state index in [1.165, 1.54) is 0 Å². The summed E-state index contributed by atoms with van der Waals surface area (Å²) in [5.41, 5.74) is 0. The van der Waals surface area contributed by atoms with Gasteiger partial charge in [0.1, 0.15) is 36.6 Å². The third-order valence-corrected chi connectivity index (χ3v) is 4.47. The molecule has 0 bridgehead atoms. The van der Waals surface area contributed by atoms with Crippen LogP contribution >= 0.6 is 0 Å². The maximum atomic E-state index is 10.1. The van der Waals surface area contributed by atoms with Crippen molar-refractivity contribution in [1.82, 2.24) is 0 Å². The summed E-state index contributed by atoms with van der Waals surface area (Å²) in [6, 6.07) is 0. The number of hydrogen-bond donors (Lipinski definition) is 8. The maximum absolute atomic E-state index is 10.1. The van der Waals surface area contributed by atoms with Crippen LogP contribution in [-0.4, -0.2) is 109 Å². The Morgan fingerprint density at radius 1 is 0.783 bits per heavy atom. The Morgan fingerprint density at radius 3 is 2.00 bits per heavy atom. The van der Waals surface area contributed by atoms with Crippen LogP contribution in [0.2, 0.25) is 0 Å². The summed E-state index contributed by atoms with van der Waals surface area (Å²) in [6.45, 7) is -1.10. The van der Waals surface area contributed by atoms with Crippen molar-refractivity contribution < 1.29 is 50.3 Å². The molecule has 0 amide bonds. The molecular formula is C13H24O10. The zero-order chi connectivity index (χ0) is 17.3. The van der Waals surface area contributed by atoms with Gasteiger partial charge in [0, 0.05) is 12.5 Å². The Hall–Kier alpha value is -0.400. The minimum Gasteiger partial charge on any atom is -0.396 e. The number of aliphatic hydroxyl groups is 8. The lowest BCUT2D eigenvalue weighted by Crippen LogP contribution is -2.63. The molecule has 1 heterocycles. The highest BCUT2D eigenvalue weighted by Gasteiger charge is 2.49. The van der Waals surface area contributed by atoms with Gasteiger partial charge in [0.25, 0.3) is 0 Å². The molecule has 0 spiro atoms. The van der Waals surface area contributed by atoms with Crippen LogP contribution in [0.15, 0.2) is 0 Å². The standard InChI is InChI=1S/C13H24O10/c14-2-4-1-5(16)8(18)12(7(4)17)23-13-11(21)10(20)9(19)6(3-15)22-13/h4-21H,1-3H2/t4?,5-,6?,7+,8?,9+,10+,11?,12+,13+/m1/s1. The van der Waals surface area contributed by atoms with Gasteiger partial charge in [-0.2, -0.15) is 0 Å². The predicted molar refractivity (Wildman–Crippen MR) is 71.9 cm³/mol. The molecule has 23 heavy (non-hydrogen) atoms. The van der Waals surface area contributed by atoms with E-state index in [1.807, 2.05) is 0 Å². The predicted octanol–water partition coefficient (Wildman–Crippen LogP) is -4.73. The minimum atomic E-state index is -1.70. The van der Waals surface area contributed by atoms with Gasteiger partial charge < -0.3 is 50.3 Å². The quantitative estimate of drug-likeness (QED) is 0.247. The van der Waals surface area contributed by atoms with Crippen molar-refractivity contribution >= 4 is 0 Å². The minimum absolute atomic E-state index is 0.0344. The molecule has 10 heteroatoms. The third kappa shape index (κ3) is 3.66. The first-order valence-electron chi connectivity index (χ1n) is 7.42. The second kappa shape index (κ2) is 7.66. The van der Waals surface area contributed by atoms with Crippen molar-refractivity contribution in [2.75, 3.05) is 13.2 Å². The fraction of sp³-hybridized carbons (Fsp3) is 1.00. The average molecular weight is 340 g/mol. The number of aliphatic hydroxyl groups excluding tert-OH is 8. The van der Waals surface area contributed by atoms with E-state index in [0.717, 1.165) is 0 Å². The van der Waals surface area contributed by atoms with Crippen molar-refractivity contribution in [3.05, 3.63) is 0 Å². The fourth-order valence-corrected chi connectivity index (χ4v) is 2.96. The van der Waals surface area contributed by atoms with E-state index in [1.54, 1.807) is 0 Å². The summed E-state index contributed by atoms with van der Waals surface area (Å²) in [6.07, 6.45) is -13.2. The summed E-state index contributed by atoms with van der Waals surface area (Å²) in [5.74, 6) is -0.747. The number of hydrogen-bond acceptors (Lipinski definition) is 10. The van der Waals surface area contributed by atoms with Gasteiger partial charge in [0.05, 0.1) is 18.8 Å². The van der Waals surface area contributed by atoms with E-state index < -0.39 is 74.3 Å². The first kappa shape index (κ1) is 18.9. The molecule has 10 nitrogen and oxygen atoms in total. The van der Waals surface area contributed by atoms with E-state index in [9.17, 15) is 35.7 Å². The van der Waals surface area contributed by atoms with E-state index in [2.05, 4.69) is 0 Å². The molecule has 1 saturated heterocycles. The molecule has 0 aromatic rings. The van der Waals surface area contributed by atoms with Gasteiger partial charge in [0.2, 0.25) is 0 Å². The second-order valence-corrected chi connectivity index (χ2v) is 6.02. The number of ether oxygens (including phenoxy) is 2. The topological polar surface area (TPSA) is 180 Å². The highest BCUT2D eigenvalue weighted by Crippen LogP contribution is 2.31. The van der Waals surface area contributed by atoms with E-state index in [0.29, 0.717) is 0 Å². The van der Waals surface area contributed by atoms with Gasteiger partial charge >= 0.3 is 0 Å². The van der Waals surface area contributed by atoms with E-state index in [-0.39, 0.29) is 6.42 Å². The SMILES string of the molecule is OCC1O[C@@H](O[C@@H]2C(O)[C@H](O)CC(CO)[C@@H]2O)C(O)[C@@H](O)[C@H]1O. The Kier molecular flexibility index (Phi) is 6.30. The van der Waals surface area contributed by atoms with Gasteiger partial charge in [-0.1, -0.05) is 0 Å². The van der Waals surface area contributed by atoms with E-state index in [4.69, 9.17) is 14.6 Å². The zero-order valence-corrected chi connectivity index (χ0v) is 12.3. The van der Waals surface area contributed by atoms with Crippen LogP contribution in [0.1, 0.15) is 6.42 Å². The Balaban J connectivity index is 2.11. The van der Waals surface area contributed by atoms with E-state index >= 15 is 0 Å². The maximum Gasteiger partial charge on any atom is 0.187 e. The molecule has 2 fully saturated rings. The fourth-order valence-electron chi connectivity index (χ4n) is 2.96. The summed E-state index contributed by atoms with van der Waals surface area (Å²) in [4.78, 5) is 0. The van der Waals surface area contributed by atoms with Gasteiger partial charge in [-0.05, 0) is 6.42 Å². The molecule has 2 aliphatic rings. The molecule has 1 aliphatic heterocycles. The highest BCUT2D eigenvalue weighted by atomic mass is 16.7. The molecule has 136 valence electrons. The summed E-state index contributed by atoms with van der Waals surface area (Å²) in [7, 11) is 0. The largest absolute Gasteiger partial charge is 0.396 e. The van der Waals surface area contributed by atoms with Crippen molar-refractivity contribution in [2.45, 2.75) is 61.5 Å². The van der Waals surface area contributed by atoms with Gasteiger partial charge in [-0.25, -0.2) is 0 Å². The monoisotopic (exact) mass is 340 g/mol. The summed E-state index contributed by atoms with van der Waals surface area (Å²) in [5, 5.41) is 77.4. The highest BCUT2D eigenvalue weighted by molar-refractivity contribution is 4.95. The first-order chi connectivity index (χ1) is 10.8. The van der Waals surface area contributed by atoms with Crippen LogP contribution < -0.4 is 0 Å². The zero-order valence-electron chi connectivity index (χ0n) is 12.3. The molecule has 1 aliphatic carbocycles. The van der Waals surface area contributed by atoms with Crippen LogP contribution in [0.25, 0.3) is 0 Å². The lowest BCUT2D eigenvalue weighted by Gasteiger charge is -2.45. The normalized spacial score (nSPS) is 51.7. The lowest BCUT2D eigenvalue weighted by molar-refractivity contribution is -0.332. The van der Waals surface area contributed by atoms with Gasteiger partial charge in [0.15, 0.2) is 6.29 Å². The summed E-state index contributed by atoms with van der Waals surface area (Å²) >= 11 is 0. The van der Waals surface area contributed by atoms with Crippen molar-refractivity contribution in [3.63, 3.8) is 0 Å². The Labute approximate surface area is 132 Å². The number of rotatable bonds is 4. The van der Waals surface area contributed by atoms with Crippen LogP contribution in [0, 0.1) is 5.92 Å². The summed E-state index contributed by atoms with van der Waals surface area (Å²) < 4.78 is 10.4. The van der Waals surface area contributed by atoms with Crippen LogP contribution in [0.3, 0.4) is 0 Å². The van der Waals surface area contributed by atoms with Crippen LogP contribution in [0.4, 0.5) is 0 Å². The second-order valence-electron chi connectivity index (χ2n) is 6.02. The van der Waals surface area contributed by atoms with Crippen LogP contribution in [0.5, 0.6) is 0 Å². The van der Waals surface area contributed by atoms with Crippen LogP contribution in [-0.2, 0) is 9.47 Å². The molecule has 4 unspecified atom stereocenters.